The maximum Gasteiger partial charge on any atom is 0.330 e. The number of nitrogens with zero attached hydrogens (tertiary/aromatic N) is 4. The van der Waals surface area contributed by atoms with Crippen molar-refractivity contribution in [3.05, 3.63) is 64.7 Å². The van der Waals surface area contributed by atoms with Crippen molar-refractivity contribution in [1.82, 2.24) is 20.2 Å². The minimum Gasteiger partial charge on any atom is -0.456 e. The first-order valence-electron chi connectivity index (χ1n) is 8.53. The Bertz CT molecular complexity index is 977. The van der Waals surface area contributed by atoms with Crippen LogP contribution in [0.2, 0.25) is 0 Å². The summed E-state index contributed by atoms with van der Waals surface area (Å²) >= 11 is 0. The summed E-state index contributed by atoms with van der Waals surface area (Å²) in [6, 6.07) is 13.1. The van der Waals surface area contributed by atoms with Gasteiger partial charge in [0.1, 0.15) is 0 Å². The molecule has 27 heavy (non-hydrogen) atoms. The Balaban J connectivity index is 1.55. The van der Waals surface area contributed by atoms with Gasteiger partial charge >= 0.3 is 5.97 Å². The summed E-state index contributed by atoms with van der Waals surface area (Å²) in [5.74, 6) is -0.424. The predicted octanol–water partition coefficient (Wildman–Crippen LogP) is 2.69. The molecule has 0 aliphatic heterocycles. The van der Waals surface area contributed by atoms with Gasteiger partial charge in [-0.05, 0) is 43.2 Å². The molecule has 3 aromatic rings. The van der Waals surface area contributed by atoms with Crippen LogP contribution in [0.4, 0.5) is 0 Å². The van der Waals surface area contributed by atoms with E-state index in [0.29, 0.717) is 11.4 Å². The topological polar surface area (TPSA) is 87.0 Å². The molecule has 0 saturated heterocycles. The van der Waals surface area contributed by atoms with Gasteiger partial charge in [0, 0.05) is 11.1 Å². The summed E-state index contributed by atoms with van der Waals surface area (Å²) in [5.41, 5.74) is 4.58. The zero-order chi connectivity index (χ0) is 19.4. The lowest BCUT2D eigenvalue weighted by Gasteiger charge is -2.06. The highest BCUT2D eigenvalue weighted by molar-refractivity contribution is 5.98. The number of Topliss-reactive ketones (excluding diaryl/α,β-unsaturated/α-hetero) is 1. The lowest BCUT2D eigenvalue weighted by atomic mass is 10.0. The van der Waals surface area contributed by atoms with Crippen LogP contribution >= 0.6 is 0 Å². The standard InChI is InChI=1S/C20H20N4O3/c1-13-4-7-16(8-5-13)20-21-23-24(22-20)11-19(26)27-12-18(25)17-9-6-14(2)15(3)10-17/h4-10H,11-12H2,1-3H3. The molecule has 0 saturated carbocycles. The molecule has 0 atom stereocenters. The molecule has 0 bridgehead atoms. The summed E-state index contributed by atoms with van der Waals surface area (Å²) in [4.78, 5) is 25.3. The molecule has 1 heterocycles. The van der Waals surface area contributed by atoms with Crippen LogP contribution in [0.15, 0.2) is 42.5 Å². The number of benzene rings is 2. The normalized spacial score (nSPS) is 10.6. The van der Waals surface area contributed by atoms with Crippen LogP contribution in [0.5, 0.6) is 0 Å². The molecule has 1 aromatic heterocycles. The smallest absolute Gasteiger partial charge is 0.330 e. The SMILES string of the molecule is Cc1ccc(-c2nnn(CC(=O)OCC(=O)c3ccc(C)c(C)c3)n2)cc1. The number of ether oxygens (including phenoxy) is 1. The average molecular weight is 364 g/mol. The summed E-state index contributed by atoms with van der Waals surface area (Å²) in [6.45, 7) is 5.36. The molecule has 138 valence electrons. The number of hydrogen-bond acceptors (Lipinski definition) is 6. The number of tetrazole rings is 1. The van der Waals surface area contributed by atoms with Crippen LogP contribution in [-0.4, -0.2) is 38.6 Å². The van der Waals surface area contributed by atoms with E-state index in [0.717, 1.165) is 27.1 Å². The fourth-order valence-electron chi connectivity index (χ4n) is 2.43. The largest absolute Gasteiger partial charge is 0.456 e. The fraction of sp³-hybridized carbons (Fsp3) is 0.250. The van der Waals surface area contributed by atoms with Gasteiger partial charge < -0.3 is 4.74 Å². The van der Waals surface area contributed by atoms with E-state index in [1.165, 1.54) is 0 Å². The first kappa shape index (κ1) is 18.4. The molecule has 7 heteroatoms. The third-order valence-electron chi connectivity index (χ3n) is 4.23. The highest BCUT2D eigenvalue weighted by Gasteiger charge is 2.13. The highest BCUT2D eigenvalue weighted by atomic mass is 16.5. The molecular formula is C20H20N4O3. The number of aromatic nitrogens is 4. The third kappa shape index (κ3) is 4.63. The van der Waals surface area contributed by atoms with Crippen LogP contribution in [0, 0.1) is 20.8 Å². The van der Waals surface area contributed by atoms with Crippen molar-refractivity contribution >= 4 is 11.8 Å². The zero-order valence-corrected chi connectivity index (χ0v) is 15.5. The Hall–Kier alpha value is -3.35. The lowest BCUT2D eigenvalue weighted by molar-refractivity contribution is -0.143. The summed E-state index contributed by atoms with van der Waals surface area (Å²) in [5, 5.41) is 12.0. The zero-order valence-electron chi connectivity index (χ0n) is 15.5. The van der Waals surface area contributed by atoms with E-state index in [1.54, 1.807) is 12.1 Å². The maximum atomic E-state index is 12.2. The fourth-order valence-corrected chi connectivity index (χ4v) is 2.43. The number of carbonyl (C=O) groups is 2. The Morgan fingerprint density at radius 2 is 1.74 bits per heavy atom. The number of aryl methyl sites for hydroxylation is 3. The number of carbonyl (C=O) groups excluding carboxylic acids is 2. The molecule has 0 amide bonds. The first-order valence-corrected chi connectivity index (χ1v) is 8.53. The van der Waals surface area contributed by atoms with Gasteiger partial charge in [0.15, 0.2) is 18.9 Å². The summed E-state index contributed by atoms with van der Waals surface area (Å²) in [6.07, 6.45) is 0. The van der Waals surface area contributed by atoms with Crippen molar-refractivity contribution in [2.45, 2.75) is 27.3 Å². The van der Waals surface area contributed by atoms with Gasteiger partial charge in [0.25, 0.3) is 0 Å². The second-order valence-electron chi connectivity index (χ2n) is 6.39. The van der Waals surface area contributed by atoms with E-state index in [9.17, 15) is 9.59 Å². The van der Waals surface area contributed by atoms with E-state index in [1.807, 2.05) is 51.1 Å². The average Bonchev–Trinajstić information content (AvgIpc) is 3.11. The molecule has 0 unspecified atom stereocenters. The Kier molecular flexibility index (Phi) is 5.40. The van der Waals surface area contributed by atoms with Gasteiger partial charge in [-0.2, -0.15) is 4.80 Å². The van der Waals surface area contributed by atoms with Crippen molar-refractivity contribution in [2.24, 2.45) is 0 Å². The molecule has 0 fully saturated rings. The van der Waals surface area contributed by atoms with Gasteiger partial charge in [-0.15, -0.1) is 10.2 Å². The molecule has 0 radical (unpaired) electrons. The van der Waals surface area contributed by atoms with Gasteiger partial charge in [-0.25, -0.2) is 4.79 Å². The van der Waals surface area contributed by atoms with Crippen molar-refractivity contribution in [3.8, 4) is 11.4 Å². The van der Waals surface area contributed by atoms with Crippen LogP contribution in [0.1, 0.15) is 27.0 Å². The van der Waals surface area contributed by atoms with Crippen LogP contribution in [-0.2, 0) is 16.1 Å². The Labute approximate surface area is 157 Å². The molecule has 7 nitrogen and oxygen atoms in total. The van der Waals surface area contributed by atoms with E-state index in [4.69, 9.17) is 4.74 Å². The lowest BCUT2D eigenvalue weighted by Crippen LogP contribution is -2.20. The summed E-state index contributed by atoms with van der Waals surface area (Å²) in [7, 11) is 0. The first-order chi connectivity index (χ1) is 12.9. The molecule has 0 aliphatic carbocycles. The van der Waals surface area contributed by atoms with Crippen molar-refractivity contribution in [3.63, 3.8) is 0 Å². The number of rotatable bonds is 6. The molecule has 0 N–H and O–H groups in total. The molecule has 0 spiro atoms. The number of esters is 1. The van der Waals surface area contributed by atoms with Crippen LogP contribution in [0.3, 0.4) is 0 Å². The van der Waals surface area contributed by atoms with Gasteiger partial charge in [0.2, 0.25) is 5.82 Å². The van der Waals surface area contributed by atoms with E-state index < -0.39 is 5.97 Å². The quantitative estimate of drug-likeness (QED) is 0.494. The second kappa shape index (κ2) is 7.90. The predicted molar refractivity (Wildman–Crippen MR) is 99.2 cm³/mol. The molecular weight excluding hydrogens is 344 g/mol. The van der Waals surface area contributed by atoms with E-state index in [2.05, 4.69) is 15.4 Å². The van der Waals surface area contributed by atoms with Crippen molar-refractivity contribution in [1.29, 1.82) is 0 Å². The summed E-state index contributed by atoms with van der Waals surface area (Å²) < 4.78 is 5.05. The van der Waals surface area contributed by atoms with Crippen LogP contribution < -0.4 is 0 Å². The van der Waals surface area contributed by atoms with Crippen LogP contribution in [0.25, 0.3) is 11.4 Å². The van der Waals surface area contributed by atoms with E-state index >= 15 is 0 Å². The van der Waals surface area contributed by atoms with Crippen molar-refractivity contribution in [2.75, 3.05) is 6.61 Å². The van der Waals surface area contributed by atoms with Crippen molar-refractivity contribution < 1.29 is 14.3 Å². The van der Waals surface area contributed by atoms with Gasteiger partial charge in [-0.3, -0.25) is 4.79 Å². The minimum atomic E-state index is -0.597. The molecule has 3 rings (SSSR count). The van der Waals surface area contributed by atoms with Gasteiger partial charge in [0.05, 0.1) is 0 Å². The monoisotopic (exact) mass is 364 g/mol. The maximum absolute atomic E-state index is 12.2. The molecule has 2 aromatic carbocycles. The highest BCUT2D eigenvalue weighted by Crippen LogP contribution is 2.14. The number of hydrogen-bond donors (Lipinski definition) is 0. The third-order valence-corrected chi connectivity index (χ3v) is 4.23. The molecule has 0 aliphatic rings. The van der Waals surface area contributed by atoms with Gasteiger partial charge in [-0.1, -0.05) is 42.0 Å². The Morgan fingerprint density at radius 3 is 2.44 bits per heavy atom. The second-order valence-corrected chi connectivity index (χ2v) is 6.39. The minimum absolute atomic E-state index is 0.209. The number of ketones is 1. The van der Waals surface area contributed by atoms with E-state index in [-0.39, 0.29) is 18.9 Å². The Morgan fingerprint density at radius 1 is 1.00 bits per heavy atom.